The Labute approximate surface area is 131 Å². The average Bonchev–Trinajstić information content (AvgIpc) is 2.74. The number of allylic oxidation sites excluding steroid dienone is 1. The Bertz CT molecular complexity index is 555. The second-order valence-electron chi connectivity index (χ2n) is 5.79. The van der Waals surface area contributed by atoms with Gasteiger partial charge in [0.1, 0.15) is 0 Å². The average molecular weight is 301 g/mol. The van der Waals surface area contributed by atoms with E-state index in [2.05, 4.69) is 19.9 Å². The van der Waals surface area contributed by atoms with Crippen LogP contribution in [-0.2, 0) is 4.74 Å². The Morgan fingerprint density at radius 1 is 1.18 bits per heavy atom. The van der Waals surface area contributed by atoms with Crippen molar-refractivity contribution in [1.29, 1.82) is 0 Å². The van der Waals surface area contributed by atoms with E-state index in [1.54, 1.807) is 24.3 Å². The van der Waals surface area contributed by atoms with E-state index in [-0.39, 0.29) is 11.8 Å². The maximum absolute atomic E-state index is 12.3. The van der Waals surface area contributed by atoms with Crippen LogP contribution in [0.5, 0.6) is 0 Å². The molecule has 1 aromatic rings. The van der Waals surface area contributed by atoms with E-state index in [1.807, 2.05) is 6.92 Å². The number of rotatable bonds is 7. The summed E-state index contributed by atoms with van der Waals surface area (Å²) in [7, 11) is 0. The first-order chi connectivity index (χ1) is 10.5. The fourth-order valence-corrected chi connectivity index (χ4v) is 2.45. The Kier molecular flexibility index (Phi) is 5.36. The lowest BCUT2D eigenvalue weighted by Crippen LogP contribution is -2.31. The molecular formula is C18H23NO3. The van der Waals surface area contributed by atoms with Gasteiger partial charge < -0.3 is 4.74 Å². The molecule has 0 radical (unpaired) electrons. The molecule has 0 saturated carbocycles. The molecule has 4 nitrogen and oxygen atoms in total. The molecule has 2 amide bonds. The normalized spacial score (nSPS) is 14.7. The van der Waals surface area contributed by atoms with Crippen LogP contribution in [0, 0.1) is 5.92 Å². The van der Waals surface area contributed by atoms with Gasteiger partial charge in [0.2, 0.25) is 0 Å². The zero-order valence-corrected chi connectivity index (χ0v) is 13.5. The largest absolute Gasteiger partial charge is 0.498 e. The summed E-state index contributed by atoms with van der Waals surface area (Å²) in [5, 5.41) is 0. The smallest absolute Gasteiger partial charge is 0.261 e. The minimum Gasteiger partial charge on any atom is -0.498 e. The van der Waals surface area contributed by atoms with E-state index in [4.69, 9.17) is 4.74 Å². The molecule has 0 unspecified atom stereocenters. The van der Waals surface area contributed by atoms with Gasteiger partial charge in [-0.05, 0) is 37.5 Å². The van der Waals surface area contributed by atoms with E-state index >= 15 is 0 Å². The molecule has 0 spiro atoms. The second kappa shape index (κ2) is 7.25. The quantitative estimate of drug-likeness (QED) is 0.570. The van der Waals surface area contributed by atoms with Crippen molar-refractivity contribution in [3.05, 3.63) is 47.2 Å². The summed E-state index contributed by atoms with van der Waals surface area (Å²) in [6, 6.07) is 6.96. The standard InChI is InChI=1S/C18H23NO3/c1-4-22-14(10-9-13(2)3)11-12-19-17(20)15-7-5-6-8-16(15)18(19)21/h5-8,10,13H,4,9,11-12H2,1-3H3. The Morgan fingerprint density at radius 3 is 2.27 bits per heavy atom. The minimum absolute atomic E-state index is 0.208. The van der Waals surface area contributed by atoms with Gasteiger partial charge in [0, 0.05) is 13.0 Å². The van der Waals surface area contributed by atoms with Crippen LogP contribution < -0.4 is 0 Å². The van der Waals surface area contributed by atoms with Crippen molar-refractivity contribution in [2.45, 2.75) is 33.6 Å². The van der Waals surface area contributed by atoms with Crippen molar-refractivity contribution < 1.29 is 14.3 Å². The van der Waals surface area contributed by atoms with Gasteiger partial charge in [-0.15, -0.1) is 0 Å². The highest BCUT2D eigenvalue weighted by molar-refractivity contribution is 6.21. The van der Waals surface area contributed by atoms with Crippen molar-refractivity contribution >= 4 is 11.8 Å². The lowest BCUT2D eigenvalue weighted by molar-refractivity contribution is 0.0648. The van der Waals surface area contributed by atoms with Crippen molar-refractivity contribution in [1.82, 2.24) is 4.90 Å². The molecule has 0 fully saturated rings. The van der Waals surface area contributed by atoms with Gasteiger partial charge in [0.05, 0.1) is 23.5 Å². The second-order valence-corrected chi connectivity index (χ2v) is 5.79. The molecule has 1 aromatic carbocycles. The van der Waals surface area contributed by atoms with Gasteiger partial charge >= 0.3 is 0 Å². The number of amides is 2. The van der Waals surface area contributed by atoms with Gasteiger partial charge in [0.15, 0.2) is 0 Å². The number of imide groups is 1. The Morgan fingerprint density at radius 2 is 1.77 bits per heavy atom. The number of carbonyl (C=O) groups is 2. The minimum atomic E-state index is -0.208. The summed E-state index contributed by atoms with van der Waals surface area (Å²) in [5.41, 5.74) is 0.994. The molecule has 1 heterocycles. The van der Waals surface area contributed by atoms with Crippen molar-refractivity contribution in [3.8, 4) is 0 Å². The third-order valence-electron chi connectivity index (χ3n) is 3.61. The first kappa shape index (κ1) is 16.3. The van der Waals surface area contributed by atoms with Crippen LogP contribution in [0.15, 0.2) is 36.1 Å². The number of hydrogen-bond donors (Lipinski definition) is 0. The number of fused-ring (bicyclic) bond motifs is 1. The number of benzene rings is 1. The van der Waals surface area contributed by atoms with Crippen LogP contribution in [0.2, 0.25) is 0 Å². The monoisotopic (exact) mass is 301 g/mol. The molecule has 22 heavy (non-hydrogen) atoms. The molecular weight excluding hydrogens is 278 g/mol. The van der Waals surface area contributed by atoms with Gasteiger partial charge in [-0.2, -0.15) is 0 Å². The van der Waals surface area contributed by atoms with Gasteiger partial charge in [-0.1, -0.05) is 26.0 Å². The zero-order chi connectivity index (χ0) is 16.1. The number of carbonyl (C=O) groups excluding carboxylic acids is 2. The summed E-state index contributed by atoms with van der Waals surface area (Å²) in [6.45, 7) is 7.17. The third kappa shape index (κ3) is 3.56. The maximum atomic E-state index is 12.3. The molecule has 0 bridgehead atoms. The van der Waals surface area contributed by atoms with Crippen LogP contribution in [0.4, 0.5) is 0 Å². The van der Waals surface area contributed by atoms with Crippen LogP contribution in [-0.4, -0.2) is 29.9 Å². The molecule has 0 saturated heterocycles. The summed E-state index contributed by atoms with van der Waals surface area (Å²) < 4.78 is 5.61. The molecule has 2 rings (SSSR count). The first-order valence-corrected chi connectivity index (χ1v) is 7.81. The molecule has 0 N–H and O–H groups in total. The van der Waals surface area contributed by atoms with Gasteiger partial charge in [-0.3, -0.25) is 14.5 Å². The van der Waals surface area contributed by atoms with Crippen molar-refractivity contribution in [2.75, 3.05) is 13.2 Å². The summed E-state index contributed by atoms with van der Waals surface area (Å²) in [4.78, 5) is 25.9. The summed E-state index contributed by atoms with van der Waals surface area (Å²) >= 11 is 0. The highest BCUT2D eigenvalue weighted by Crippen LogP contribution is 2.23. The predicted octanol–water partition coefficient (Wildman–Crippen LogP) is 3.64. The van der Waals surface area contributed by atoms with Crippen LogP contribution in [0.25, 0.3) is 0 Å². The van der Waals surface area contributed by atoms with Crippen molar-refractivity contribution in [2.24, 2.45) is 5.92 Å². The Hall–Kier alpha value is -2.10. The predicted molar refractivity (Wildman–Crippen MR) is 85.6 cm³/mol. The summed E-state index contributed by atoms with van der Waals surface area (Å²) in [6.07, 6.45) is 3.55. The molecule has 0 aromatic heterocycles. The first-order valence-electron chi connectivity index (χ1n) is 7.81. The number of hydrogen-bond acceptors (Lipinski definition) is 3. The highest BCUT2D eigenvalue weighted by atomic mass is 16.5. The van der Waals surface area contributed by atoms with Crippen LogP contribution in [0.1, 0.15) is 54.3 Å². The van der Waals surface area contributed by atoms with E-state index in [0.29, 0.717) is 36.6 Å². The van der Waals surface area contributed by atoms with Gasteiger partial charge in [0.25, 0.3) is 11.8 Å². The lowest BCUT2D eigenvalue weighted by Gasteiger charge is -2.16. The fourth-order valence-electron chi connectivity index (χ4n) is 2.45. The van der Waals surface area contributed by atoms with E-state index in [9.17, 15) is 9.59 Å². The summed E-state index contributed by atoms with van der Waals surface area (Å²) in [5.74, 6) is 0.989. The highest BCUT2D eigenvalue weighted by Gasteiger charge is 2.34. The molecule has 1 aliphatic rings. The molecule has 4 heteroatoms. The molecule has 118 valence electrons. The van der Waals surface area contributed by atoms with Crippen LogP contribution in [0.3, 0.4) is 0 Å². The van der Waals surface area contributed by atoms with E-state index in [1.165, 1.54) is 4.90 Å². The molecule has 0 atom stereocenters. The topological polar surface area (TPSA) is 46.6 Å². The Balaban J connectivity index is 2.04. The SMILES string of the molecule is CCOC(=CCC(C)C)CCN1C(=O)c2ccccc2C1=O. The maximum Gasteiger partial charge on any atom is 0.261 e. The van der Waals surface area contributed by atoms with Crippen LogP contribution >= 0.6 is 0 Å². The zero-order valence-electron chi connectivity index (χ0n) is 13.5. The van der Waals surface area contributed by atoms with E-state index < -0.39 is 0 Å². The number of nitrogens with zero attached hydrogens (tertiary/aromatic N) is 1. The van der Waals surface area contributed by atoms with E-state index in [0.717, 1.165) is 12.2 Å². The fraction of sp³-hybridized carbons (Fsp3) is 0.444. The molecule has 0 aliphatic carbocycles. The number of ether oxygens (including phenoxy) is 1. The molecule has 1 aliphatic heterocycles. The third-order valence-corrected chi connectivity index (χ3v) is 3.61. The lowest BCUT2D eigenvalue weighted by atomic mass is 10.1. The van der Waals surface area contributed by atoms with Gasteiger partial charge in [-0.25, -0.2) is 0 Å². The van der Waals surface area contributed by atoms with Crippen molar-refractivity contribution in [3.63, 3.8) is 0 Å².